The minimum absolute atomic E-state index is 0.0274. The fraction of sp³-hybridized carbons (Fsp3) is 0.312. The number of ketones is 2. The third-order valence-electron chi connectivity index (χ3n) is 9.45. The van der Waals surface area contributed by atoms with Crippen molar-refractivity contribution in [1.29, 1.82) is 0 Å². The van der Waals surface area contributed by atoms with Crippen LogP contribution in [-0.2, 0) is 0 Å². The molecule has 2 nitrogen and oxygen atoms in total. The fourth-order valence-electron chi connectivity index (χ4n) is 7.81. The number of rotatable bonds is 2. The van der Waals surface area contributed by atoms with E-state index < -0.39 is 0 Å². The molecule has 0 aromatic carbocycles. The maximum atomic E-state index is 14.0. The van der Waals surface area contributed by atoms with Gasteiger partial charge in [0.25, 0.3) is 0 Å². The van der Waals surface area contributed by atoms with Crippen molar-refractivity contribution in [2.24, 2.45) is 23.7 Å². The van der Waals surface area contributed by atoms with Crippen molar-refractivity contribution in [3.8, 4) is 19.5 Å². The highest BCUT2D eigenvalue weighted by atomic mass is 32.1. The molecule has 0 bridgehead atoms. The molecule has 0 aliphatic heterocycles. The first-order valence-electron chi connectivity index (χ1n) is 13.6. The van der Waals surface area contributed by atoms with E-state index in [0.29, 0.717) is 11.6 Å². The largest absolute Gasteiger partial charge is 0.294 e. The summed E-state index contributed by atoms with van der Waals surface area (Å²) >= 11 is 10.9. The maximum absolute atomic E-state index is 14.0. The molecule has 0 radical (unpaired) electrons. The van der Waals surface area contributed by atoms with Gasteiger partial charge in [0, 0.05) is 92.6 Å². The first-order valence-corrected chi connectivity index (χ1v) is 18.5. The van der Waals surface area contributed by atoms with Crippen molar-refractivity contribution in [2.45, 2.75) is 39.5 Å². The van der Waals surface area contributed by atoms with Crippen LogP contribution in [0.2, 0.25) is 0 Å². The molecule has 8 heteroatoms. The van der Waals surface area contributed by atoms with Crippen molar-refractivity contribution in [3.05, 3.63) is 67.0 Å². The Labute approximate surface area is 255 Å². The number of carbonyl (C=O) groups is 2. The first-order chi connectivity index (χ1) is 19.3. The molecule has 3 aliphatic rings. The van der Waals surface area contributed by atoms with Gasteiger partial charge in [-0.2, -0.15) is 0 Å². The van der Waals surface area contributed by atoms with Crippen LogP contribution in [0.15, 0.2) is 36.4 Å². The molecule has 6 atom stereocenters. The number of aryl methyl sites for hydroxylation is 2. The highest BCUT2D eigenvalue weighted by Gasteiger charge is 2.60. The average Bonchev–Trinajstić information content (AvgIpc) is 3.71. The van der Waals surface area contributed by atoms with Gasteiger partial charge in [-0.1, -0.05) is 13.8 Å². The number of Topliss-reactive ketones (excluding diaryl/α,β-unsaturated/α-hetero) is 2. The Morgan fingerprint density at radius 2 is 0.850 bits per heavy atom. The summed E-state index contributed by atoms with van der Waals surface area (Å²) in [5.74, 6) is 1.16. The van der Waals surface area contributed by atoms with E-state index in [1.807, 2.05) is 45.3 Å². The van der Waals surface area contributed by atoms with E-state index in [4.69, 9.17) is 0 Å². The molecule has 6 heterocycles. The Bertz CT molecular complexity index is 1840. The van der Waals surface area contributed by atoms with Gasteiger partial charge in [-0.25, -0.2) is 0 Å². The topological polar surface area (TPSA) is 34.1 Å². The molecule has 0 N–H and O–H groups in total. The second-order valence-electron chi connectivity index (χ2n) is 11.7. The normalized spacial score (nSPS) is 27.1. The second-order valence-corrected chi connectivity index (χ2v) is 18.6. The van der Waals surface area contributed by atoms with Gasteiger partial charge in [0.05, 0.1) is 0 Å². The zero-order valence-corrected chi connectivity index (χ0v) is 27.1. The van der Waals surface area contributed by atoms with Crippen LogP contribution in [0.3, 0.4) is 0 Å². The number of hydrogen-bond donors (Lipinski definition) is 0. The van der Waals surface area contributed by atoms with Crippen LogP contribution < -0.4 is 0 Å². The van der Waals surface area contributed by atoms with Gasteiger partial charge in [-0.05, 0) is 62.1 Å². The fourth-order valence-corrected chi connectivity index (χ4v) is 15.4. The third-order valence-corrected chi connectivity index (χ3v) is 16.7. The zero-order chi connectivity index (χ0) is 27.2. The van der Waals surface area contributed by atoms with Crippen LogP contribution in [-0.4, -0.2) is 11.6 Å². The van der Waals surface area contributed by atoms with Gasteiger partial charge < -0.3 is 0 Å². The van der Waals surface area contributed by atoms with E-state index in [0.717, 1.165) is 11.1 Å². The summed E-state index contributed by atoms with van der Waals surface area (Å²) in [5, 5.41) is 0. The number of fused-ring (bicyclic) bond motifs is 8. The summed E-state index contributed by atoms with van der Waals surface area (Å²) in [6.45, 7) is 8.81. The molecule has 6 aromatic rings. The molecule has 40 heavy (non-hydrogen) atoms. The van der Waals surface area contributed by atoms with Crippen molar-refractivity contribution in [2.75, 3.05) is 0 Å². The maximum Gasteiger partial charge on any atom is 0.168 e. The van der Waals surface area contributed by atoms with E-state index >= 15 is 0 Å². The van der Waals surface area contributed by atoms with Crippen molar-refractivity contribution < 1.29 is 9.59 Å². The lowest BCUT2D eigenvalue weighted by Gasteiger charge is -2.43. The Balaban J connectivity index is 1.08. The van der Waals surface area contributed by atoms with E-state index in [2.05, 4.69) is 64.1 Å². The van der Waals surface area contributed by atoms with Crippen molar-refractivity contribution >= 4 is 98.4 Å². The highest BCUT2D eigenvalue weighted by Crippen LogP contribution is 2.65. The quantitative estimate of drug-likeness (QED) is 0.190. The lowest BCUT2D eigenvalue weighted by atomic mass is 9.59. The highest BCUT2D eigenvalue weighted by molar-refractivity contribution is 7.32. The van der Waals surface area contributed by atoms with Crippen molar-refractivity contribution in [1.82, 2.24) is 0 Å². The molecule has 9 rings (SSSR count). The molecular formula is C32H24O2S6. The number of carbonyl (C=O) groups excluding carboxylic acids is 2. The Morgan fingerprint density at radius 1 is 0.475 bits per heavy atom. The molecule has 200 valence electrons. The van der Waals surface area contributed by atoms with Crippen LogP contribution in [0.5, 0.6) is 0 Å². The van der Waals surface area contributed by atoms with Gasteiger partial charge in [0.2, 0.25) is 0 Å². The number of thiophene rings is 6. The lowest BCUT2D eigenvalue weighted by Crippen LogP contribution is -2.42. The van der Waals surface area contributed by atoms with Gasteiger partial charge in [0.15, 0.2) is 11.6 Å². The van der Waals surface area contributed by atoms with Crippen LogP contribution in [0.1, 0.15) is 65.9 Å². The van der Waals surface area contributed by atoms with Gasteiger partial charge in [0.1, 0.15) is 0 Å². The van der Waals surface area contributed by atoms with E-state index in [-0.39, 0.29) is 35.5 Å². The summed E-state index contributed by atoms with van der Waals surface area (Å²) in [6, 6.07) is 13.4. The van der Waals surface area contributed by atoms with E-state index in [9.17, 15) is 9.59 Å². The summed E-state index contributed by atoms with van der Waals surface area (Å²) in [5.41, 5.74) is 1.85. The predicted octanol–water partition coefficient (Wildman–Crippen LogP) is 11.1. The van der Waals surface area contributed by atoms with Crippen LogP contribution in [0.25, 0.3) is 38.3 Å². The van der Waals surface area contributed by atoms with Crippen molar-refractivity contribution in [3.63, 3.8) is 0 Å². The smallest absolute Gasteiger partial charge is 0.168 e. The minimum atomic E-state index is -0.0274. The van der Waals surface area contributed by atoms with Crippen LogP contribution in [0, 0.1) is 37.5 Å². The molecule has 0 amide bonds. The van der Waals surface area contributed by atoms with E-state index in [1.54, 1.807) is 22.7 Å². The first kappa shape index (κ1) is 24.6. The Morgan fingerprint density at radius 3 is 1.25 bits per heavy atom. The number of hydrogen-bond acceptors (Lipinski definition) is 8. The summed E-state index contributed by atoms with van der Waals surface area (Å²) < 4.78 is 5.32. The van der Waals surface area contributed by atoms with Gasteiger partial charge in [-0.3, -0.25) is 9.59 Å². The molecule has 0 saturated heterocycles. The standard InChI is InChI=1S/C32H24O2S6/c1-11-5-17-21(35-11)9-23(37-17)19-7-15-29(33)25-14(4)28-26(13(3)27(25)31(15)39-19)30(34)16-8-20(40-32(16)28)24-10-22-18(38-24)6-12(2)36-22/h5-10,13-14,25-28H,1-4H3. The molecule has 3 aliphatic carbocycles. The van der Waals surface area contributed by atoms with Crippen LogP contribution >= 0.6 is 68.0 Å². The third kappa shape index (κ3) is 3.18. The zero-order valence-electron chi connectivity index (χ0n) is 22.2. The summed E-state index contributed by atoms with van der Waals surface area (Å²) in [6.07, 6.45) is 0. The second kappa shape index (κ2) is 8.33. The molecule has 1 saturated carbocycles. The SMILES string of the molecule is Cc1cc2sc(-c3cc4c(s3)C3C(C)C5C(=O)c6cc(-c7cc8sc(C)cc8s7)sc6C5C(C)C3C4=O)cc2s1. The molecular weight excluding hydrogens is 609 g/mol. The predicted molar refractivity (Wildman–Crippen MR) is 175 cm³/mol. The Kier molecular flexibility index (Phi) is 5.13. The average molecular weight is 633 g/mol. The summed E-state index contributed by atoms with van der Waals surface area (Å²) in [7, 11) is 0. The molecule has 6 unspecified atom stereocenters. The van der Waals surface area contributed by atoms with Gasteiger partial charge in [-0.15, -0.1) is 68.0 Å². The monoisotopic (exact) mass is 632 g/mol. The minimum Gasteiger partial charge on any atom is -0.294 e. The lowest BCUT2D eigenvalue weighted by molar-refractivity contribution is 0.0551. The summed E-state index contributed by atoms with van der Waals surface area (Å²) in [4.78, 5) is 38.1. The molecule has 1 fully saturated rings. The van der Waals surface area contributed by atoms with Crippen LogP contribution in [0.4, 0.5) is 0 Å². The molecule has 6 aromatic heterocycles. The van der Waals surface area contributed by atoms with Gasteiger partial charge >= 0.3 is 0 Å². The molecule has 0 spiro atoms. The Hall–Kier alpha value is -1.94. The van der Waals surface area contributed by atoms with E-state index in [1.165, 1.54) is 57.8 Å².